The van der Waals surface area contributed by atoms with Gasteiger partial charge in [0.15, 0.2) is 5.13 Å². The van der Waals surface area contributed by atoms with E-state index < -0.39 is 6.10 Å². The maximum Gasteiger partial charge on any atom is 0.257 e. The molecule has 6 nitrogen and oxygen atoms in total. The average Bonchev–Trinajstić information content (AvgIpc) is 3.41. The first kappa shape index (κ1) is 18.3. The number of amides is 2. The molecule has 1 aromatic heterocycles. The Kier molecular flexibility index (Phi) is 5.45. The van der Waals surface area contributed by atoms with Crippen molar-refractivity contribution in [3.63, 3.8) is 0 Å². The molecule has 1 aliphatic heterocycles. The summed E-state index contributed by atoms with van der Waals surface area (Å²) in [6.07, 6.45) is 1.20. The Bertz CT molecular complexity index is 981. The lowest BCUT2D eigenvalue weighted by Gasteiger charge is -2.11. The monoisotopic (exact) mass is 393 g/mol. The zero-order valence-corrected chi connectivity index (χ0v) is 15.9. The highest BCUT2D eigenvalue weighted by molar-refractivity contribution is 7.14. The number of aromatic nitrogens is 1. The van der Waals surface area contributed by atoms with E-state index >= 15 is 0 Å². The predicted molar refractivity (Wildman–Crippen MR) is 110 cm³/mol. The second kappa shape index (κ2) is 8.33. The smallest absolute Gasteiger partial charge is 0.257 e. The molecule has 2 amide bonds. The van der Waals surface area contributed by atoms with Crippen LogP contribution in [0.1, 0.15) is 23.2 Å². The van der Waals surface area contributed by atoms with Crippen LogP contribution in [0.5, 0.6) is 0 Å². The molecule has 0 spiro atoms. The summed E-state index contributed by atoms with van der Waals surface area (Å²) in [5.41, 5.74) is 2.83. The molecule has 142 valence electrons. The minimum Gasteiger partial charge on any atom is -0.368 e. The van der Waals surface area contributed by atoms with Gasteiger partial charge in [0.05, 0.1) is 5.69 Å². The van der Waals surface area contributed by atoms with E-state index in [1.165, 1.54) is 11.3 Å². The summed E-state index contributed by atoms with van der Waals surface area (Å²) in [6.45, 7) is 0.610. The van der Waals surface area contributed by atoms with E-state index in [-0.39, 0.29) is 11.8 Å². The number of nitrogens with one attached hydrogen (secondary N) is 2. The molecule has 1 atom stereocenters. The van der Waals surface area contributed by atoms with Crippen molar-refractivity contribution < 1.29 is 14.3 Å². The molecule has 0 aliphatic carbocycles. The van der Waals surface area contributed by atoms with Gasteiger partial charge < -0.3 is 10.1 Å². The largest absolute Gasteiger partial charge is 0.368 e. The molecular weight excluding hydrogens is 374 g/mol. The van der Waals surface area contributed by atoms with Gasteiger partial charge in [0.2, 0.25) is 0 Å². The first-order valence-corrected chi connectivity index (χ1v) is 9.92. The first-order valence-electron chi connectivity index (χ1n) is 9.04. The van der Waals surface area contributed by atoms with Gasteiger partial charge >= 0.3 is 0 Å². The number of hydrogen-bond donors (Lipinski definition) is 2. The van der Waals surface area contributed by atoms with E-state index in [9.17, 15) is 9.59 Å². The van der Waals surface area contributed by atoms with Crippen molar-refractivity contribution in [1.82, 2.24) is 4.98 Å². The minimum atomic E-state index is -0.413. The van der Waals surface area contributed by atoms with Crippen molar-refractivity contribution >= 4 is 34.0 Å². The van der Waals surface area contributed by atoms with Crippen LogP contribution in [-0.4, -0.2) is 29.5 Å². The Balaban J connectivity index is 1.42. The van der Waals surface area contributed by atoms with Crippen LogP contribution in [0.2, 0.25) is 0 Å². The number of carbonyl (C=O) groups excluding carboxylic acids is 2. The fraction of sp³-hybridized carbons (Fsp3) is 0.190. The number of nitrogens with zero attached hydrogens (tertiary/aromatic N) is 1. The van der Waals surface area contributed by atoms with Crippen LogP contribution in [0, 0.1) is 0 Å². The lowest BCUT2D eigenvalue weighted by atomic mass is 10.1. The van der Waals surface area contributed by atoms with Crippen LogP contribution in [0.15, 0.2) is 60.0 Å². The van der Waals surface area contributed by atoms with Crippen molar-refractivity contribution in [2.75, 3.05) is 17.2 Å². The topological polar surface area (TPSA) is 80.3 Å². The van der Waals surface area contributed by atoms with Crippen LogP contribution < -0.4 is 10.6 Å². The molecule has 1 saturated heterocycles. The number of rotatable bonds is 5. The van der Waals surface area contributed by atoms with Crippen LogP contribution in [0.25, 0.3) is 11.3 Å². The van der Waals surface area contributed by atoms with Gasteiger partial charge in [-0.15, -0.1) is 11.3 Å². The van der Waals surface area contributed by atoms with E-state index in [0.717, 1.165) is 24.1 Å². The molecule has 28 heavy (non-hydrogen) atoms. The van der Waals surface area contributed by atoms with E-state index in [0.29, 0.717) is 23.0 Å². The molecule has 0 radical (unpaired) electrons. The zero-order chi connectivity index (χ0) is 19.3. The van der Waals surface area contributed by atoms with Gasteiger partial charge in [0, 0.05) is 28.8 Å². The zero-order valence-electron chi connectivity index (χ0n) is 15.1. The van der Waals surface area contributed by atoms with Crippen molar-refractivity contribution in [2.24, 2.45) is 0 Å². The third-order valence-corrected chi connectivity index (χ3v) is 5.17. The summed E-state index contributed by atoms with van der Waals surface area (Å²) >= 11 is 1.37. The van der Waals surface area contributed by atoms with Crippen molar-refractivity contribution in [3.8, 4) is 11.3 Å². The number of benzene rings is 2. The van der Waals surface area contributed by atoms with E-state index in [2.05, 4.69) is 15.6 Å². The van der Waals surface area contributed by atoms with E-state index in [4.69, 9.17) is 4.74 Å². The number of carbonyl (C=O) groups is 2. The van der Waals surface area contributed by atoms with Crippen molar-refractivity contribution in [3.05, 3.63) is 65.5 Å². The molecular formula is C21H19N3O3S. The van der Waals surface area contributed by atoms with Gasteiger partial charge in [0.1, 0.15) is 6.10 Å². The maximum atomic E-state index is 12.6. The molecule has 7 heteroatoms. The maximum absolute atomic E-state index is 12.6. The Morgan fingerprint density at radius 3 is 2.71 bits per heavy atom. The highest BCUT2D eigenvalue weighted by atomic mass is 32.1. The molecule has 0 saturated carbocycles. The SMILES string of the molecule is O=C(Nc1nc(-c2ccccc2)cs1)c1cccc(NC(=O)C2CCCO2)c1. The van der Waals surface area contributed by atoms with Crippen LogP contribution in [-0.2, 0) is 9.53 Å². The summed E-state index contributed by atoms with van der Waals surface area (Å²) < 4.78 is 5.38. The molecule has 2 N–H and O–H groups in total. The summed E-state index contributed by atoms with van der Waals surface area (Å²) in [4.78, 5) is 29.2. The molecule has 2 heterocycles. The molecule has 2 aromatic carbocycles. The fourth-order valence-corrected chi connectivity index (χ4v) is 3.70. The van der Waals surface area contributed by atoms with Gasteiger partial charge in [-0.25, -0.2) is 4.98 Å². The molecule has 3 aromatic rings. The van der Waals surface area contributed by atoms with Gasteiger partial charge in [0.25, 0.3) is 11.8 Å². The van der Waals surface area contributed by atoms with Gasteiger partial charge in [-0.05, 0) is 31.0 Å². The van der Waals surface area contributed by atoms with Gasteiger partial charge in [-0.2, -0.15) is 0 Å². The van der Waals surface area contributed by atoms with E-state index in [1.54, 1.807) is 24.3 Å². The van der Waals surface area contributed by atoms with Crippen LogP contribution in [0.4, 0.5) is 10.8 Å². The number of anilines is 2. The van der Waals surface area contributed by atoms with Crippen molar-refractivity contribution in [1.29, 1.82) is 0 Å². The summed E-state index contributed by atoms with van der Waals surface area (Å²) in [7, 11) is 0. The van der Waals surface area contributed by atoms with Gasteiger partial charge in [-0.3, -0.25) is 14.9 Å². The average molecular weight is 393 g/mol. The number of thiazole rings is 1. The Hall–Kier alpha value is -3.03. The Morgan fingerprint density at radius 2 is 1.93 bits per heavy atom. The lowest BCUT2D eigenvalue weighted by Crippen LogP contribution is -2.27. The third kappa shape index (κ3) is 4.27. The summed E-state index contributed by atoms with van der Waals surface area (Å²) in [5.74, 6) is -0.454. The fourth-order valence-electron chi connectivity index (χ4n) is 2.99. The normalized spacial score (nSPS) is 15.9. The molecule has 0 bridgehead atoms. The second-order valence-corrected chi connectivity index (χ2v) is 7.29. The predicted octanol–water partition coefficient (Wildman–Crippen LogP) is 4.18. The minimum absolute atomic E-state index is 0.178. The molecule has 1 unspecified atom stereocenters. The standard InChI is InChI=1S/C21H19N3O3S/c25-19(24-21-23-17(13-28-21)14-6-2-1-3-7-14)15-8-4-9-16(12-15)22-20(26)18-10-5-11-27-18/h1-4,6-9,12-13,18H,5,10-11H2,(H,22,26)(H,23,24,25). The number of ether oxygens (including phenoxy) is 1. The molecule has 1 aliphatic rings. The highest BCUT2D eigenvalue weighted by Crippen LogP contribution is 2.25. The quantitative estimate of drug-likeness (QED) is 0.681. The lowest BCUT2D eigenvalue weighted by molar-refractivity contribution is -0.124. The first-order chi connectivity index (χ1) is 13.7. The summed E-state index contributed by atoms with van der Waals surface area (Å²) in [5, 5.41) is 8.06. The molecule has 1 fully saturated rings. The third-order valence-electron chi connectivity index (χ3n) is 4.41. The van der Waals surface area contributed by atoms with Crippen LogP contribution in [0.3, 0.4) is 0 Å². The Labute approximate surface area is 166 Å². The number of hydrogen-bond acceptors (Lipinski definition) is 5. The Morgan fingerprint density at radius 1 is 1.07 bits per heavy atom. The summed E-state index contributed by atoms with van der Waals surface area (Å²) in [6, 6.07) is 16.6. The van der Waals surface area contributed by atoms with Crippen molar-refractivity contribution in [2.45, 2.75) is 18.9 Å². The second-order valence-electron chi connectivity index (χ2n) is 6.43. The van der Waals surface area contributed by atoms with E-state index in [1.807, 2.05) is 35.7 Å². The van der Waals surface area contributed by atoms with Gasteiger partial charge in [-0.1, -0.05) is 36.4 Å². The highest BCUT2D eigenvalue weighted by Gasteiger charge is 2.23. The molecule has 4 rings (SSSR count). The van der Waals surface area contributed by atoms with Crippen LogP contribution >= 0.6 is 11.3 Å².